The van der Waals surface area contributed by atoms with Crippen molar-refractivity contribution in [3.8, 4) is 22.1 Å². The van der Waals surface area contributed by atoms with Gasteiger partial charge in [0.15, 0.2) is 11.5 Å². The molecule has 134 valence electrons. The Morgan fingerprint density at radius 1 is 1.12 bits per heavy atom. The molecule has 1 N–H and O–H groups in total. The van der Waals surface area contributed by atoms with Crippen LogP contribution < -0.4 is 14.8 Å². The third kappa shape index (κ3) is 4.31. The largest absolute Gasteiger partial charge is 0.493 e. The monoisotopic (exact) mass is 360 g/mol. The first-order valence-corrected chi connectivity index (χ1v) is 9.58. The van der Waals surface area contributed by atoms with Crippen LogP contribution in [0.2, 0.25) is 0 Å². The zero-order chi connectivity index (χ0) is 17.6. The molecule has 1 aliphatic rings. The fraction of sp³-hybridized carbons (Fsp3) is 0.474. The van der Waals surface area contributed by atoms with E-state index in [1.54, 1.807) is 14.2 Å². The fourth-order valence-electron chi connectivity index (χ4n) is 3.16. The van der Waals surface area contributed by atoms with E-state index in [2.05, 4.69) is 10.3 Å². The van der Waals surface area contributed by atoms with Gasteiger partial charge in [-0.15, -0.1) is 11.3 Å². The highest BCUT2D eigenvalue weighted by atomic mass is 32.1. The molecule has 0 aliphatic heterocycles. The normalized spacial score (nSPS) is 15.4. The predicted octanol–water partition coefficient (Wildman–Crippen LogP) is 4.28. The van der Waals surface area contributed by atoms with E-state index in [0.29, 0.717) is 17.2 Å². The Bertz CT molecular complexity index is 721. The van der Waals surface area contributed by atoms with E-state index in [4.69, 9.17) is 9.47 Å². The number of rotatable bonds is 5. The van der Waals surface area contributed by atoms with Crippen molar-refractivity contribution in [3.63, 3.8) is 0 Å². The van der Waals surface area contributed by atoms with Crippen molar-refractivity contribution in [1.29, 1.82) is 0 Å². The third-order valence-electron chi connectivity index (χ3n) is 4.56. The molecule has 1 aliphatic carbocycles. The first kappa shape index (κ1) is 17.7. The number of nitrogens with one attached hydrogen (secondary N) is 1. The molecule has 0 spiro atoms. The van der Waals surface area contributed by atoms with E-state index in [1.807, 2.05) is 23.6 Å². The summed E-state index contributed by atoms with van der Waals surface area (Å²) in [7, 11) is 3.21. The number of aromatic nitrogens is 1. The van der Waals surface area contributed by atoms with Gasteiger partial charge in [-0.2, -0.15) is 0 Å². The average molecular weight is 360 g/mol. The molecule has 0 bridgehead atoms. The Morgan fingerprint density at radius 2 is 1.84 bits per heavy atom. The van der Waals surface area contributed by atoms with Crippen LogP contribution in [-0.2, 0) is 0 Å². The highest BCUT2D eigenvalue weighted by Crippen LogP contribution is 2.33. The number of carbonyl (C=O) groups excluding carboxylic acids is 1. The molecule has 6 heteroatoms. The number of hydrogen-bond donors (Lipinski definition) is 1. The van der Waals surface area contributed by atoms with Gasteiger partial charge in [-0.1, -0.05) is 25.7 Å². The highest BCUT2D eigenvalue weighted by Gasteiger charge is 2.18. The Morgan fingerprint density at radius 3 is 2.52 bits per heavy atom. The Kier molecular flexibility index (Phi) is 5.91. The molecule has 3 rings (SSSR count). The van der Waals surface area contributed by atoms with Gasteiger partial charge in [-0.25, -0.2) is 4.98 Å². The SMILES string of the molecule is COc1ccc(-c2nc(C(=O)NC3CCCCCC3)cs2)cc1OC. The first-order valence-electron chi connectivity index (χ1n) is 8.70. The molecule has 5 nitrogen and oxygen atoms in total. The molecule has 1 saturated carbocycles. The van der Waals surface area contributed by atoms with Crippen molar-refractivity contribution in [2.24, 2.45) is 0 Å². The van der Waals surface area contributed by atoms with Crippen LogP contribution in [0.4, 0.5) is 0 Å². The standard InChI is InChI=1S/C19H24N2O3S/c1-23-16-10-9-13(11-17(16)24-2)19-21-15(12-25-19)18(22)20-14-7-5-3-4-6-8-14/h9-12,14H,3-8H2,1-2H3,(H,20,22). The second kappa shape index (κ2) is 8.34. The molecule has 1 fully saturated rings. The smallest absolute Gasteiger partial charge is 0.270 e. The van der Waals surface area contributed by atoms with Gasteiger partial charge in [-0.3, -0.25) is 4.79 Å². The van der Waals surface area contributed by atoms with E-state index >= 15 is 0 Å². The van der Waals surface area contributed by atoms with Gasteiger partial charge in [-0.05, 0) is 31.0 Å². The predicted molar refractivity (Wildman–Crippen MR) is 99.6 cm³/mol. The molecular formula is C19H24N2O3S. The summed E-state index contributed by atoms with van der Waals surface area (Å²) in [6.45, 7) is 0. The summed E-state index contributed by atoms with van der Waals surface area (Å²) in [5, 5.41) is 5.76. The topological polar surface area (TPSA) is 60.5 Å². The lowest BCUT2D eigenvalue weighted by molar-refractivity contribution is 0.0929. The second-order valence-electron chi connectivity index (χ2n) is 6.27. The number of nitrogens with zero attached hydrogens (tertiary/aromatic N) is 1. The molecule has 25 heavy (non-hydrogen) atoms. The van der Waals surface area contributed by atoms with Gasteiger partial charge >= 0.3 is 0 Å². The van der Waals surface area contributed by atoms with Crippen molar-refractivity contribution in [1.82, 2.24) is 10.3 Å². The average Bonchev–Trinajstić information content (AvgIpc) is 3.00. The number of carbonyl (C=O) groups is 1. The van der Waals surface area contributed by atoms with Crippen LogP contribution in [0.15, 0.2) is 23.6 Å². The lowest BCUT2D eigenvalue weighted by Gasteiger charge is -2.15. The van der Waals surface area contributed by atoms with Gasteiger partial charge in [0.1, 0.15) is 10.7 Å². The maximum atomic E-state index is 12.5. The van der Waals surface area contributed by atoms with Gasteiger partial charge < -0.3 is 14.8 Å². The molecule has 2 aromatic rings. The minimum absolute atomic E-state index is 0.0742. The van der Waals surface area contributed by atoms with Gasteiger partial charge in [0.2, 0.25) is 0 Å². The Balaban J connectivity index is 1.72. The van der Waals surface area contributed by atoms with Crippen LogP contribution in [0.3, 0.4) is 0 Å². The van der Waals surface area contributed by atoms with Crippen molar-refractivity contribution < 1.29 is 14.3 Å². The minimum Gasteiger partial charge on any atom is -0.493 e. The van der Waals surface area contributed by atoms with E-state index in [-0.39, 0.29) is 11.9 Å². The summed E-state index contributed by atoms with van der Waals surface area (Å²) in [6.07, 6.45) is 7.06. The van der Waals surface area contributed by atoms with Crippen molar-refractivity contribution in [3.05, 3.63) is 29.3 Å². The summed E-state index contributed by atoms with van der Waals surface area (Å²) in [5.74, 6) is 1.25. The van der Waals surface area contributed by atoms with E-state index in [9.17, 15) is 4.79 Å². The van der Waals surface area contributed by atoms with Crippen molar-refractivity contribution in [2.45, 2.75) is 44.6 Å². The zero-order valence-electron chi connectivity index (χ0n) is 14.7. The number of hydrogen-bond acceptors (Lipinski definition) is 5. The van der Waals surface area contributed by atoms with E-state index in [1.165, 1.54) is 37.0 Å². The van der Waals surface area contributed by atoms with Gasteiger partial charge in [0.05, 0.1) is 14.2 Å². The molecule has 1 aromatic heterocycles. The quantitative estimate of drug-likeness (QED) is 0.809. The van der Waals surface area contributed by atoms with E-state index in [0.717, 1.165) is 23.4 Å². The van der Waals surface area contributed by atoms with Gasteiger partial charge in [0.25, 0.3) is 5.91 Å². The number of thiazole rings is 1. The van der Waals surface area contributed by atoms with Gasteiger partial charge in [0, 0.05) is 17.0 Å². The lowest BCUT2D eigenvalue weighted by atomic mass is 10.1. The Labute approximate surface area is 152 Å². The minimum atomic E-state index is -0.0742. The number of amides is 1. The highest BCUT2D eigenvalue weighted by molar-refractivity contribution is 7.13. The molecule has 1 heterocycles. The zero-order valence-corrected chi connectivity index (χ0v) is 15.5. The van der Waals surface area contributed by atoms with Crippen LogP contribution in [-0.4, -0.2) is 31.2 Å². The molecule has 1 aromatic carbocycles. The second-order valence-corrected chi connectivity index (χ2v) is 7.13. The fourth-order valence-corrected chi connectivity index (χ4v) is 3.96. The number of methoxy groups -OCH3 is 2. The molecule has 1 amide bonds. The summed E-state index contributed by atoms with van der Waals surface area (Å²) < 4.78 is 10.6. The summed E-state index contributed by atoms with van der Waals surface area (Å²) in [6, 6.07) is 5.93. The van der Waals surface area contributed by atoms with Crippen LogP contribution in [0.5, 0.6) is 11.5 Å². The van der Waals surface area contributed by atoms with Crippen LogP contribution in [0.25, 0.3) is 10.6 Å². The van der Waals surface area contributed by atoms with Crippen LogP contribution >= 0.6 is 11.3 Å². The maximum Gasteiger partial charge on any atom is 0.270 e. The third-order valence-corrected chi connectivity index (χ3v) is 5.45. The van der Waals surface area contributed by atoms with Crippen LogP contribution in [0, 0.1) is 0 Å². The lowest BCUT2D eigenvalue weighted by Crippen LogP contribution is -2.34. The summed E-state index contributed by atoms with van der Waals surface area (Å²) in [5.41, 5.74) is 1.40. The molecule has 0 atom stereocenters. The van der Waals surface area contributed by atoms with Crippen LogP contribution in [0.1, 0.15) is 49.0 Å². The molecule has 0 saturated heterocycles. The number of benzene rings is 1. The van der Waals surface area contributed by atoms with E-state index < -0.39 is 0 Å². The van der Waals surface area contributed by atoms with Crippen molar-refractivity contribution >= 4 is 17.2 Å². The molecule has 0 radical (unpaired) electrons. The summed E-state index contributed by atoms with van der Waals surface area (Å²) >= 11 is 1.46. The first-order chi connectivity index (χ1) is 12.2. The maximum absolute atomic E-state index is 12.5. The molecule has 0 unspecified atom stereocenters. The Hall–Kier alpha value is -2.08. The van der Waals surface area contributed by atoms with Crippen molar-refractivity contribution in [2.75, 3.05) is 14.2 Å². The number of ether oxygens (including phenoxy) is 2. The molecular weight excluding hydrogens is 336 g/mol. The summed E-state index contributed by atoms with van der Waals surface area (Å²) in [4.78, 5) is 17.0.